The SMILES string of the molecule is Cc1cc(Br)ccc1OCC(=O)Nc1cccc(Cl)c1Cl. The molecule has 1 N–H and O–H groups in total. The predicted molar refractivity (Wildman–Crippen MR) is 89.5 cm³/mol. The Kier molecular flexibility index (Phi) is 5.51. The van der Waals surface area contributed by atoms with Crippen molar-refractivity contribution in [2.24, 2.45) is 0 Å². The van der Waals surface area contributed by atoms with Gasteiger partial charge in [0, 0.05) is 4.47 Å². The van der Waals surface area contributed by atoms with Gasteiger partial charge < -0.3 is 10.1 Å². The summed E-state index contributed by atoms with van der Waals surface area (Å²) in [4.78, 5) is 11.9. The number of hydrogen-bond acceptors (Lipinski definition) is 2. The average Bonchev–Trinajstić information content (AvgIpc) is 2.43. The van der Waals surface area contributed by atoms with Gasteiger partial charge in [0.2, 0.25) is 0 Å². The molecule has 0 saturated heterocycles. The molecular formula is C15H12BrCl2NO2. The minimum Gasteiger partial charge on any atom is -0.483 e. The van der Waals surface area contributed by atoms with Gasteiger partial charge in [-0.2, -0.15) is 0 Å². The van der Waals surface area contributed by atoms with Crippen LogP contribution in [-0.4, -0.2) is 12.5 Å². The molecule has 2 rings (SSSR count). The Balaban J connectivity index is 1.97. The second-order valence-electron chi connectivity index (χ2n) is 4.35. The van der Waals surface area contributed by atoms with E-state index in [4.69, 9.17) is 27.9 Å². The number of carbonyl (C=O) groups excluding carboxylic acids is 1. The normalized spacial score (nSPS) is 10.3. The van der Waals surface area contributed by atoms with Gasteiger partial charge in [-0.3, -0.25) is 4.79 Å². The first kappa shape index (κ1) is 16.1. The summed E-state index contributed by atoms with van der Waals surface area (Å²) < 4.78 is 6.45. The summed E-state index contributed by atoms with van der Waals surface area (Å²) in [5.41, 5.74) is 1.41. The van der Waals surface area contributed by atoms with Crippen LogP contribution in [0, 0.1) is 6.92 Å². The molecule has 1 amide bonds. The molecule has 110 valence electrons. The predicted octanol–water partition coefficient (Wildman–Crippen LogP) is 5.08. The lowest BCUT2D eigenvalue weighted by atomic mass is 10.2. The molecule has 0 saturated carbocycles. The lowest BCUT2D eigenvalue weighted by Gasteiger charge is -2.11. The second-order valence-corrected chi connectivity index (χ2v) is 6.05. The largest absolute Gasteiger partial charge is 0.483 e. The van der Waals surface area contributed by atoms with Crippen molar-refractivity contribution in [3.05, 3.63) is 56.5 Å². The monoisotopic (exact) mass is 387 g/mol. The third-order valence-corrected chi connectivity index (χ3v) is 4.03. The molecule has 2 aromatic rings. The Hall–Kier alpha value is -1.23. The van der Waals surface area contributed by atoms with E-state index < -0.39 is 0 Å². The second kappa shape index (κ2) is 7.16. The van der Waals surface area contributed by atoms with Gasteiger partial charge in [-0.05, 0) is 42.8 Å². The summed E-state index contributed by atoms with van der Waals surface area (Å²) in [6.45, 7) is 1.80. The molecule has 0 radical (unpaired) electrons. The smallest absolute Gasteiger partial charge is 0.262 e. The first-order chi connectivity index (χ1) is 9.97. The fourth-order valence-electron chi connectivity index (χ4n) is 1.70. The molecule has 0 aromatic heterocycles. The van der Waals surface area contributed by atoms with E-state index in [0.717, 1.165) is 10.0 Å². The highest BCUT2D eigenvalue weighted by atomic mass is 79.9. The fraction of sp³-hybridized carbons (Fsp3) is 0.133. The van der Waals surface area contributed by atoms with Crippen molar-refractivity contribution in [1.82, 2.24) is 0 Å². The number of hydrogen-bond donors (Lipinski definition) is 1. The van der Waals surface area contributed by atoms with Crippen LogP contribution in [0.3, 0.4) is 0 Å². The van der Waals surface area contributed by atoms with Crippen LogP contribution in [-0.2, 0) is 4.79 Å². The molecule has 0 aliphatic heterocycles. The van der Waals surface area contributed by atoms with Gasteiger partial charge in [0.05, 0.1) is 15.7 Å². The molecule has 0 bridgehead atoms. The number of benzene rings is 2. The molecule has 2 aromatic carbocycles. The molecule has 21 heavy (non-hydrogen) atoms. The summed E-state index contributed by atoms with van der Waals surface area (Å²) in [5.74, 6) is 0.354. The number of anilines is 1. The van der Waals surface area contributed by atoms with E-state index in [1.165, 1.54) is 0 Å². The number of nitrogens with one attached hydrogen (secondary N) is 1. The van der Waals surface area contributed by atoms with Crippen LogP contribution in [0.4, 0.5) is 5.69 Å². The van der Waals surface area contributed by atoms with Gasteiger partial charge in [0.1, 0.15) is 5.75 Å². The summed E-state index contributed by atoms with van der Waals surface area (Å²) in [7, 11) is 0. The summed E-state index contributed by atoms with van der Waals surface area (Å²) in [6.07, 6.45) is 0. The Labute approximate surface area is 141 Å². The van der Waals surface area contributed by atoms with E-state index in [9.17, 15) is 4.79 Å². The highest BCUT2D eigenvalue weighted by Gasteiger charge is 2.09. The molecule has 0 aliphatic carbocycles. The number of halogens is 3. The van der Waals surface area contributed by atoms with Gasteiger partial charge in [-0.25, -0.2) is 0 Å². The maximum absolute atomic E-state index is 11.9. The highest BCUT2D eigenvalue weighted by Crippen LogP contribution is 2.29. The molecule has 0 fully saturated rings. The quantitative estimate of drug-likeness (QED) is 0.792. The Morgan fingerprint density at radius 1 is 1.29 bits per heavy atom. The number of carbonyl (C=O) groups is 1. The van der Waals surface area contributed by atoms with Crippen LogP contribution in [0.1, 0.15) is 5.56 Å². The summed E-state index contributed by atoms with van der Waals surface area (Å²) in [6, 6.07) is 10.6. The highest BCUT2D eigenvalue weighted by molar-refractivity contribution is 9.10. The first-order valence-corrected chi connectivity index (χ1v) is 7.65. The zero-order valence-electron chi connectivity index (χ0n) is 11.1. The standard InChI is InChI=1S/C15H12BrCl2NO2/c1-9-7-10(16)5-6-13(9)21-8-14(20)19-12-4-2-3-11(17)15(12)18/h2-7H,8H2,1H3,(H,19,20). The van der Waals surface area contributed by atoms with Crippen molar-refractivity contribution in [3.63, 3.8) is 0 Å². The fourth-order valence-corrected chi connectivity index (χ4v) is 2.53. The lowest BCUT2D eigenvalue weighted by Crippen LogP contribution is -2.20. The van der Waals surface area contributed by atoms with Gasteiger partial charge in [-0.1, -0.05) is 45.2 Å². The van der Waals surface area contributed by atoms with Gasteiger partial charge in [0.15, 0.2) is 6.61 Å². The van der Waals surface area contributed by atoms with Crippen molar-refractivity contribution in [2.75, 3.05) is 11.9 Å². The minimum atomic E-state index is -0.304. The Morgan fingerprint density at radius 2 is 2.05 bits per heavy atom. The molecule has 0 spiro atoms. The van der Waals surface area contributed by atoms with Crippen LogP contribution in [0.25, 0.3) is 0 Å². The van der Waals surface area contributed by atoms with Crippen molar-refractivity contribution in [2.45, 2.75) is 6.92 Å². The molecule has 0 heterocycles. The minimum absolute atomic E-state index is 0.106. The Morgan fingerprint density at radius 3 is 2.76 bits per heavy atom. The van der Waals surface area contributed by atoms with E-state index in [1.54, 1.807) is 24.3 Å². The molecule has 0 aliphatic rings. The van der Waals surface area contributed by atoms with E-state index in [0.29, 0.717) is 21.5 Å². The summed E-state index contributed by atoms with van der Waals surface area (Å²) in [5, 5.41) is 3.36. The van der Waals surface area contributed by atoms with Crippen molar-refractivity contribution in [1.29, 1.82) is 0 Å². The molecule has 0 atom stereocenters. The van der Waals surface area contributed by atoms with Crippen LogP contribution in [0.5, 0.6) is 5.75 Å². The molecule has 3 nitrogen and oxygen atoms in total. The number of amides is 1. The van der Waals surface area contributed by atoms with Gasteiger partial charge >= 0.3 is 0 Å². The first-order valence-electron chi connectivity index (χ1n) is 6.10. The Bertz CT molecular complexity index is 677. The number of aryl methyl sites for hydroxylation is 1. The third-order valence-electron chi connectivity index (χ3n) is 2.72. The van der Waals surface area contributed by atoms with E-state index in [-0.39, 0.29) is 12.5 Å². The van der Waals surface area contributed by atoms with E-state index in [1.807, 2.05) is 19.1 Å². The maximum Gasteiger partial charge on any atom is 0.262 e. The van der Waals surface area contributed by atoms with Crippen molar-refractivity contribution in [3.8, 4) is 5.75 Å². The lowest BCUT2D eigenvalue weighted by molar-refractivity contribution is -0.118. The molecule has 6 heteroatoms. The number of rotatable bonds is 4. The summed E-state index contributed by atoms with van der Waals surface area (Å²) >= 11 is 15.3. The topological polar surface area (TPSA) is 38.3 Å². The van der Waals surface area contributed by atoms with Crippen LogP contribution in [0.15, 0.2) is 40.9 Å². The van der Waals surface area contributed by atoms with E-state index in [2.05, 4.69) is 21.2 Å². The van der Waals surface area contributed by atoms with Crippen LogP contribution >= 0.6 is 39.1 Å². The number of ether oxygens (including phenoxy) is 1. The molecule has 0 unspecified atom stereocenters. The zero-order chi connectivity index (χ0) is 15.4. The van der Waals surface area contributed by atoms with Crippen molar-refractivity contribution >= 4 is 50.7 Å². The van der Waals surface area contributed by atoms with Crippen LogP contribution < -0.4 is 10.1 Å². The van der Waals surface area contributed by atoms with Gasteiger partial charge in [-0.15, -0.1) is 0 Å². The van der Waals surface area contributed by atoms with E-state index >= 15 is 0 Å². The zero-order valence-corrected chi connectivity index (χ0v) is 14.2. The van der Waals surface area contributed by atoms with Crippen molar-refractivity contribution < 1.29 is 9.53 Å². The van der Waals surface area contributed by atoms with Crippen LogP contribution in [0.2, 0.25) is 10.0 Å². The van der Waals surface area contributed by atoms with Gasteiger partial charge in [0.25, 0.3) is 5.91 Å². The average molecular weight is 389 g/mol. The third kappa shape index (κ3) is 4.37. The molecular weight excluding hydrogens is 377 g/mol. The maximum atomic E-state index is 11.9.